The standard InChI is InChI=1S/C22H23N5O3S/c1-30-18-7-3-2-5-15(18)10-23-21(29)20-22(31-25-24-20)26-11-14-9-16(13-26)17-6-4-8-19(28)27(17)12-14/h2-8,14,16H,9-13H2,1H3,(H,23,29)/t14-,16+/m1/s1. The van der Waals surface area contributed by atoms with Crippen molar-refractivity contribution in [2.45, 2.75) is 25.4 Å². The first-order valence-electron chi connectivity index (χ1n) is 10.3. The molecule has 2 aliphatic rings. The normalized spacial score (nSPS) is 19.6. The molecule has 0 radical (unpaired) electrons. The number of ether oxygens (including phenoxy) is 1. The summed E-state index contributed by atoms with van der Waals surface area (Å²) in [6.45, 7) is 2.59. The zero-order chi connectivity index (χ0) is 21.4. The monoisotopic (exact) mass is 437 g/mol. The van der Waals surface area contributed by atoms with Gasteiger partial charge in [-0.1, -0.05) is 28.8 Å². The number of nitrogens with zero attached hydrogens (tertiary/aromatic N) is 4. The molecule has 3 aromatic rings. The van der Waals surface area contributed by atoms with Crippen molar-refractivity contribution in [2.75, 3.05) is 25.1 Å². The highest BCUT2D eigenvalue weighted by molar-refractivity contribution is 7.10. The molecule has 2 aliphatic heterocycles. The van der Waals surface area contributed by atoms with E-state index in [1.807, 2.05) is 41.0 Å². The van der Waals surface area contributed by atoms with Crippen molar-refractivity contribution < 1.29 is 9.53 Å². The third-order valence-electron chi connectivity index (χ3n) is 6.08. The summed E-state index contributed by atoms with van der Waals surface area (Å²) in [5.41, 5.74) is 2.40. The van der Waals surface area contributed by atoms with Gasteiger partial charge in [-0.15, -0.1) is 5.10 Å². The van der Waals surface area contributed by atoms with Crippen molar-refractivity contribution in [1.29, 1.82) is 0 Å². The Bertz CT molecular complexity index is 1170. The van der Waals surface area contributed by atoms with E-state index in [0.29, 0.717) is 24.7 Å². The number of pyridine rings is 1. The van der Waals surface area contributed by atoms with E-state index in [4.69, 9.17) is 4.74 Å². The van der Waals surface area contributed by atoms with Crippen LogP contribution >= 0.6 is 11.5 Å². The molecular weight excluding hydrogens is 414 g/mol. The van der Waals surface area contributed by atoms with E-state index in [9.17, 15) is 9.59 Å². The van der Waals surface area contributed by atoms with E-state index in [2.05, 4.69) is 19.8 Å². The number of piperidine rings is 1. The number of aromatic nitrogens is 3. The molecule has 1 saturated heterocycles. The van der Waals surface area contributed by atoms with Crippen molar-refractivity contribution in [1.82, 2.24) is 19.5 Å². The van der Waals surface area contributed by atoms with Gasteiger partial charge in [0, 0.05) is 61.0 Å². The third kappa shape index (κ3) is 3.69. The Hall–Kier alpha value is -3.20. The maximum absolute atomic E-state index is 12.9. The number of carbonyl (C=O) groups is 1. The minimum atomic E-state index is -0.248. The van der Waals surface area contributed by atoms with Gasteiger partial charge in [0.1, 0.15) is 10.8 Å². The molecule has 2 atom stereocenters. The van der Waals surface area contributed by atoms with Crippen LogP contribution in [-0.4, -0.2) is 40.3 Å². The molecule has 0 aliphatic carbocycles. The van der Waals surface area contributed by atoms with Crippen molar-refractivity contribution in [2.24, 2.45) is 5.92 Å². The van der Waals surface area contributed by atoms with Gasteiger partial charge in [0.05, 0.1) is 7.11 Å². The van der Waals surface area contributed by atoms with Gasteiger partial charge in [0.25, 0.3) is 11.5 Å². The van der Waals surface area contributed by atoms with Gasteiger partial charge >= 0.3 is 0 Å². The Labute approximate surface area is 183 Å². The highest BCUT2D eigenvalue weighted by atomic mass is 32.1. The average molecular weight is 438 g/mol. The fourth-order valence-electron chi connectivity index (χ4n) is 4.71. The average Bonchev–Trinajstić information content (AvgIpc) is 3.28. The number of para-hydroxylation sites is 1. The predicted octanol–water partition coefficient (Wildman–Crippen LogP) is 2.26. The first-order valence-corrected chi connectivity index (χ1v) is 11.1. The number of anilines is 1. The molecule has 0 saturated carbocycles. The fourth-order valence-corrected chi connectivity index (χ4v) is 5.39. The lowest BCUT2D eigenvalue weighted by Gasteiger charge is -2.43. The van der Waals surface area contributed by atoms with Gasteiger partial charge in [0.15, 0.2) is 5.69 Å². The minimum Gasteiger partial charge on any atom is -0.496 e. The molecule has 9 heteroatoms. The number of hydrogen-bond acceptors (Lipinski definition) is 7. The number of nitrogens with one attached hydrogen (secondary N) is 1. The summed E-state index contributed by atoms with van der Waals surface area (Å²) >= 11 is 1.25. The highest BCUT2D eigenvalue weighted by Gasteiger charge is 2.36. The first kappa shape index (κ1) is 19.7. The van der Waals surface area contributed by atoms with Crippen LogP contribution in [0.15, 0.2) is 47.3 Å². The predicted molar refractivity (Wildman–Crippen MR) is 118 cm³/mol. The lowest BCUT2D eigenvalue weighted by atomic mass is 9.83. The van der Waals surface area contributed by atoms with Crippen LogP contribution in [0.4, 0.5) is 5.00 Å². The van der Waals surface area contributed by atoms with Crippen LogP contribution in [0.1, 0.15) is 34.1 Å². The Morgan fingerprint density at radius 2 is 2.06 bits per heavy atom. The summed E-state index contributed by atoms with van der Waals surface area (Å²) in [4.78, 5) is 27.4. The van der Waals surface area contributed by atoms with E-state index in [0.717, 1.165) is 41.5 Å². The summed E-state index contributed by atoms with van der Waals surface area (Å²) in [5, 5.41) is 7.86. The topological polar surface area (TPSA) is 89.3 Å². The number of amides is 1. The van der Waals surface area contributed by atoms with Crippen molar-refractivity contribution in [3.63, 3.8) is 0 Å². The summed E-state index contributed by atoms with van der Waals surface area (Å²) in [5.74, 6) is 1.10. The number of benzene rings is 1. The molecule has 1 N–H and O–H groups in total. The van der Waals surface area contributed by atoms with Gasteiger partial charge in [-0.05, 0) is 24.5 Å². The number of carbonyl (C=O) groups excluding carboxylic acids is 1. The lowest BCUT2D eigenvalue weighted by Crippen LogP contribution is -2.47. The summed E-state index contributed by atoms with van der Waals surface area (Å²) in [6.07, 6.45) is 1.06. The molecule has 4 heterocycles. The van der Waals surface area contributed by atoms with Crippen LogP contribution in [0.25, 0.3) is 0 Å². The molecule has 160 valence electrons. The summed E-state index contributed by atoms with van der Waals surface area (Å²) < 4.78 is 11.3. The summed E-state index contributed by atoms with van der Waals surface area (Å²) in [7, 11) is 1.61. The number of fused-ring (bicyclic) bond motifs is 4. The molecule has 31 heavy (non-hydrogen) atoms. The van der Waals surface area contributed by atoms with Crippen LogP contribution in [0.3, 0.4) is 0 Å². The molecule has 5 rings (SSSR count). The first-order chi connectivity index (χ1) is 15.1. The van der Waals surface area contributed by atoms with Gasteiger partial charge in [-0.25, -0.2) is 0 Å². The van der Waals surface area contributed by atoms with Gasteiger partial charge in [-0.3, -0.25) is 9.59 Å². The van der Waals surface area contributed by atoms with Crippen LogP contribution < -0.4 is 20.5 Å². The highest BCUT2D eigenvalue weighted by Crippen LogP contribution is 2.38. The van der Waals surface area contributed by atoms with Crippen molar-refractivity contribution in [3.05, 3.63) is 69.8 Å². The molecule has 0 unspecified atom stereocenters. The molecule has 1 amide bonds. The largest absolute Gasteiger partial charge is 0.496 e. The van der Waals surface area contributed by atoms with Crippen LogP contribution in [0, 0.1) is 5.92 Å². The van der Waals surface area contributed by atoms with E-state index >= 15 is 0 Å². The second-order valence-electron chi connectivity index (χ2n) is 8.02. The summed E-state index contributed by atoms with van der Waals surface area (Å²) in [6, 6.07) is 13.1. The second kappa shape index (κ2) is 8.14. The van der Waals surface area contributed by atoms with Gasteiger partial charge in [-0.2, -0.15) is 0 Å². The second-order valence-corrected chi connectivity index (χ2v) is 8.76. The SMILES string of the molecule is COc1ccccc1CNC(=O)c1nnsc1N1C[C@H]2C[C@@H](C1)c1cccc(=O)n1C2. The molecule has 2 bridgehead atoms. The zero-order valence-electron chi connectivity index (χ0n) is 17.2. The molecule has 1 fully saturated rings. The molecule has 2 aromatic heterocycles. The van der Waals surface area contributed by atoms with Crippen LogP contribution in [0.2, 0.25) is 0 Å². The third-order valence-corrected chi connectivity index (χ3v) is 6.87. The van der Waals surface area contributed by atoms with E-state index in [1.54, 1.807) is 13.2 Å². The number of rotatable bonds is 5. The minimum absolute atomic E-state index is 0.0662. The number of hydrogen-bond donors (Lipinski definition) is 1. The van der Waals surface area contributed by atoms with Crippen LogP contribution in [-0.2, 0) is 13.1 Å². The van der Waals surface area contributed by atoms with Gasteiger partial charge in [0.2, 0.25) is 0 Å². The molecular formula is C22H23N5O3S. The van der Waals surface area contributed by atoms with Crippen molar-refractivity contribution in [3.8, 4) is 5.75 Å². The van der Waals surface area contributed by atoms with E-state index in [1.165, 1.54) is 11.5 Å². The van der Waals surface area contributed by atoms with Gasteiger partial charge < -0.3 is 19.5 Å². The maximum Gasteiger partial charge on any atom is 0.275 e. The zero-order valence-corrected chi connectivity index (χ0v) is 18.0. The smallest absolute Gasteiger partial charge is 0.275 e. The molecule has 1 aromatic carbocycles. The Morgan fingerprint density at radius 3 is 2.94 bits per heavy atom. The Morgan fingerprint density at radius 1 is 1.19 bits per heavy atom. The quantitative estimate of drug-likeness (QED) is 0.659. The van der Waals surface area contributed by atoms with Crippen LogP contribution in [0.5, 0.6) is 5.75 Å². The fraction of sp³-hybridized carbons (Fsp3) is 0.364. The maximum atomic E-state index is 12.9. The Balaban J connectivity index is 1.34. The lowest BCUT2D eigenvalue weighted by molar-refractivity contribution is 0.0946. The van der Waals surface area contributed by atoms with Crippen molar-refractivity contribution >= 4 is 22.4 Å². The molecule has 8 nitrogen and oxygen atoms in total. The number of methoxy groups -OCH3 is 1. The van der Waals surface area contributed by atoms with E-state index in [-0.39, 0.29) is 17.4 Å². The van der Waals surface area contributed by atoms with E-state index < -0.39 is 0 Å². The molecule has 0 spiro atoms. The Kier molecular flexibility index (Phi) is 5.19.